The molecule has 0 bridgehead atoms. The van der Waals surface area contributed by atoms with Crippen molar-refractivity contribution < 1.29 is 40.7 Å². The maximum absolute atomic E-state index is 12.4. The minimum atomic E-state index is -4.87. The third-order valence-corrected chi connectivity index (χ3v) is 3.61. The van der Waals surface area contributed by atoms with Crippen LogP contribution in [0.25, 0.3) is 0 Å². The zero-order chi connectivity index (χ0) is 19.5. The Bertz CT molecular complexity index is 657. The molecule has 26 heavy (non-hydrogen) atoms. The molecule has 0 aliphatic carbocycles. The molecule has 2 rings (SSSR count). The average molecular weight is 384 g/mol. The molecule has 1 fully saturated rings. The number of hydrogen-bond donors (Lipinski definition) is 1. The van der Waals surface area contributed by atoms with Gasteiger partial charge in [0.05, 0.1) is 0 Å². The molecule has 1 N–H and O–H groups in total. The molecule has 0 spiro atoms. The fourth-order valence-corrected chi connectivity index (χ4v) is 2.55. The van der Waals surface area contributed by atoms with Crippen LogP contribution in [0.15, 0.2) is 24.3 Å². The Hall–Kier alpha value is -2.46. The summed E-state index contributed by atoms with van der Waals surface area (Å²) in [6, 6.07) is 3.00. The summed E-state index contributed by atoms with van der Waals surface area (Å²) in [5.41, 5.74) is -0.00459. The van der Waals surface area contributed by atoms with Crippen LogP contribution in [-0.2, 0) is 4.79 Å². The van der Waals surface area contributed by atoms with E-state index in [1.165, 1.54) is 0 Å². The van der Waals surface area contributed by atoms with Crippen molar-refractivity contribution in [3.05, 3.63) is 29.8 Å². The lowest BCUT2D eigenvalue weighted by Crippen LogP contribution is -2.48. The number of likely N-dealkylation sites (tertiary alicyclic amines) is 1. The molecule has 0 saturated carbocycles. The number of carbonyl (C=O) groups is 2. The monoisotopic (exact) mass is 384 g/mol. The highest BCUT2D eigenvalue weighted by Gasteiger charge is 2.37. The number of ether oxygens (including phenoxy) is 1. The third-order valence-electron chi connectivity index (χ3n) is 3.61. The van der Waals surface area contributed by atoms with Gasteiger partial charge in [-0.2, -0.15) is 13.2 Å². The maximum atomic E-state index is 12.4. The highest BCUT2D eigenvalue weighted by Crippen LogP contribution is 2.25. The van der Waals surface area contributed by atoms with Crippen LogP contribution in [-0.4, -0.2) is 48.4 Å². The van der Waals surface area contributed by atoms with Crippen molar-refractivity contribution in [1.29, 1.82) is 0 Å². The van der Waals surface area contributed by atoms with E-state index in [2.05, 4.69) is 4.74 Å². The summed E-state index contributed by atoms with van der Waals surface area (Å²) in [7, 11) is 0. The fourth-order valence-electron chi connectivity index (χ4n) is 2.55. The van der Waals surface area contributed by atoms with E-state index in [0.29, 0.717) is 6.42 Å². The van der Waals surface area contributed by atoms with Crippen LogP contribution in [0.5, 0.6) is 5.75 Å². The molecular formula is C15H14F6N2O3. The van der Waals surface area contributed by atoms with E-state index in [9.17, 15) is 35.9 Å². The second-order valence-corrected chi connectivity index (χ2v) is 5.56. The lowest BCUT2D eigenvalue weighted by Gasteiger charge is -2.24. The van der Waals surface area contributed by atoms with E-state index in [1.54, 1.807) is 5.32 Å². The molecule has 1 aromatic carbocycles. The van der Waals surface area contributed by atoms with Gasteiger partial charge in [-0.15, -0.1) is 13.2 Å². The van der Waals surface area contributed by atoms with Gasteiger partial charge in [-0.1, -0.05) is 0 Å². The number of hydrogen-bond acceptors (Lipinski definition) is 3. The van der Waals surface area contributed by atoms with Crippen molar-refractivity contribution in [2.45, 2.75) is 31.4 Å². The predicted molar refractivity (Wildman–Crippen MR) is 76.2 cm³/mol. The van der Waals surface area contributed by atoms with Gasteiger partial charge in [-0.05, 0) is 37.1 Å². The number of rotatable bonds is 4. The smallest absolute Gasteiger partial charge is 0.406 e. The summed E-state index contributed by atoms with van der Waals surface area (Å²) in [5.74, 6) is -2.10. The van der Waals surface area contributed by atoms with Gasteiger partial charge >= 0.3 is 12.5 Å². The van der Waals surface area contributed by atoms with Crippen molar-refractivity contribution >= 4 is 11.8 Å². The second-order valence-electron chi connectivity index (χ2n) is 5.56. The molecule has 144 valence electrons. The highest BCUT2D eigenvalue weighted by atomic mass is 19.4. The van der Waals surface area contributed by atoms with Crippen LogP contribution < -0.4 is 10.1 Å². The quantitative estimate of drug-likeness (QED) is 0.813. The minimum absolute atomic E-state index is 0.00459. The molecule has 1 heterocycles. The summed E-state index contributed by atoms with van der Waals surface area (Å²) in [6.07, 6.45) is -8.82. The lowest BCUT2D eigenvalue weighted by molar-refractivity contribution is -0.274. The van der Waals surface area contributed by atoms with Crippen molar-refractivity contribution in [3.63, 3.8) is 0 Å². The van der Waals surface area contributed by atoms with Crippen molar-refractivity contribution in [1.82, 2.24) is 10.2 Å². The van der Waals surface area contributed by atoms with E-state index in [4.69, 9.17) is 0 Å². The summed E-state index contributed by atoms with van der Waals surface area (Å²) in [5, 5.41) is 1.73. The van der Waals surface area contributed by atoms with Gasteiger partial charge < -0.3 is 15.0 Å². The molecule has 1 aromatic rings. The summed E-state index contributed by atoms with van der Waals surface area (Å²) >= 11 is 0. The highest BCUT2D eigenvalue weighted by molar-refractivity contribution is 5.98. The van der Waals surface area contributed by atoms with Gasteiger partial charge in [0.15, 0.2) is 0 Å². The Balaban J connectivity index is 2.04. The number of nitrogens with one attached hydrogen (secondary N) is 1. The standard InChI is InChI=1S/C15H14F6N2O3/c16-14(17,18)8-22-12(24)11-2-1-7-23(11)13(25)9-3-5-10(6-4-9)26-15(19,20)21/h3-6,11H,1-2,7-8H2,(H,22,24)/t11-/m1/s1. The van der Waals surface area contributed by atoms with Crippen molar-refractivity contribution in [3.8, 4) is 5.75 Å². The first-order valence-electron chi connectivity index (χ1n) is 7.47. The first-order chi connectivity index (χ1) is 12.0. The number of halogens is 6. The first-order valence-corrected chi connectivity index (χ1v) is 7.47. The summed E-state index contributed by atoms with van der Waals surface area (Å²) in [6.45, 7) is -1.35. The summed E-state index contributed by atoms with van der Waals surface area (Å²) < 4.78 is 76.6. The molecule has 0 unspecified atom stereocenters. The molecule has 1 atom stereocenters. The molecule has 2 amide bonds. The Morgan fingerprint density at radius 3 is 2.27 bits per heavy atom. The molecule has 0 aromatic heterocycles. The molecule has 1 aliphatic heterocycles. The van der Waals surface area contributed by atoms with E-state index in [1.807, 2.05) is 0 Å². The molecule has 1 saturated heterocycles. The van der Waals surface area contributed by atoms with Gasteiger partial charge in [0, 0.05) is 12.1 Å². The lowest BCUT2D eigenvalue weighted by atomic mass is 10.1. The van der Waals surface area contributed by atoms with Crippen LogP contribution in [0.1, 0.15) is 23.2 Å². The zero-order valence-corrected chi connectivity index (χ0v) is 13.2. The molecule has 0 radical (unpaired) electrons. The van der Waals surface area contributed by atoms with Crippen LogP contribution in [0.4, 0.5) is 26.3 Å². The SMILES string of the molecule is O=C(NCC(F)(F)F)[C@H]1CCCN1C(=O)c1ccc(OC(F)(F)F)cc1. The zero-order valence-electron chi connectivity index (χ0n) is 13.2. The number of nitrogens with zero attached hydrogens (tertiary/aromatic N) is 1. The van der Waals surface area contributed by atoms with Gasteiger partial charge in [0.2, 0.25) is 5.91 Å². The van der Waals surface area contributed by atoms with Crippen LogP contribution in [0, 0.1) is 0 Å². The van der Waals surface area contributed by atoms with E-state index >= 15 is 0 Å². The van der Waals surface area contributed by atoms with Gasteiger partial charge in [0.25, 0.3) is 5.91 Å². The molecular weight excluding hydrogens is 370 g/mol. The van der Waals surface area contributed by atoms with Gasteiger partial charge in [-0.3, -0.25) is 9.59 Å². The van der Waals surface area contributed by atoms with Crippen LogP contribution in [0.2, 0.25) is 0 Å². The van der Waals surface area contributed by atoms with E-state index in [-0.39, 0.29) is 18.5 Å². The van der Waals surface area contributed by atoms with E-state index in [0.717, 1.165) is 29.2 Å². The Morgan fingerprint density at radius 1 is 1.12 bits per heavy atom. The first kappa shape index (κ1) is 19.9. The minimum Gasteiger partial charge on any atom is -0.406 e. The largest absolute Gasteiger partial charge is 0.573 e. The Morgan fingerprint density at radius 2 is 1.73 bits per heavy atom. The number of carbonyl (C=O) groups excluding carboxylic acids is 2. The fraction of sp³-hybridized carbons (Fsp3) is 0.467. The molecule has 5 nitrogen and oxygen atoms in total. The average Bonchev–Trinajstić information content (AvgIpc) is 3.00. The molecule has 11 heteroatoms. The Kier molecular flexibility index (Phi) is 5.67. The third kappa shape index (κ3) is 5.53. The molecule has 1 aliphatic rings. The van der Waals surface area contributed by atoms with Gasteiger partial charge in [-0.25, -0.2) is 0 Å². The normalized spacial score (nSPS) is 17.9. The Labute approximate surface area is 143 Å². The van der Waals surface area contributed by atoms with Crippen molar-refractivity contribution in [2.75, 3.05) is 13.1 Å². The van der Waals surface area contributed by atoms with Crippen LogP contribution >= 0.6 is 0 Å². The van der Waals surface area contributed by atoms with Crippen LogP contribution in [0.3, 0.4) is 0 Å². The number of benzene rings is 1. The maximum Gasteiger partial charge on any atom is 0.573 e. The summed E-state index contributed by atoms with van der Waals surface area (Å²) in [4.78, 5) is 25.4. The number of alkyl halides is 6. The predicted octanol–water partition coefficient (Wildman–Crippen LogP) is 2.87. The topological polar surface area (TPSA) is 58.6 Å². The van der Waals surface area contributed by atoms with Crippen molar-refractivity contribution in [2.24, 2.45) is 0 Å². The van der Waals surface area contributed by atoms with Gasteiger partial charge in [0.1, 0.15) is 18.3 Å². The number of amides is 2. The second kappa shape index (κ2) is 7.42. The van der Waals surface area contributed by atoms with E-state index < -0.39 is 42.7 Å².